The summed E-state index contributed by atoms with van der Waals surface area (Å²) in [5.41, 5.74) is 8.10. The maximum atomic E-state index is 13.0. The van der Waals surface area contributed by atoms with E-state index in [-0.39, 0.29) is 11.7 Å². The fraction of sp³-hybridized carbons (Fsp3) is 0.227. The van der Waals surface area contributed by atoms with E-state index in [0.717, 1.165) is 16.7 Å². The molecule has 0 bridgehead atoms. The van der Waals surface area contributed by atoms with Crippen LogP contribution < -0.4 is 0 Å². The van der Waals surface area contributed by atoms with Gasteiger partial charge in [-0.2, -0.15) is 0 Å². The van der Waals surface area contributed by atoms with Crippen LogP contribution in [0.25, 0.3) is 0 Å². The topological polar surface area (TPSA) is 17.1 Å². The summed E-state index contributed by atoms with van der Waals surface area (Å²) < 4.78 is 0. The molecule has 1 nitrogen and oxygen atoms in total. The summed E-state index contributed by atoms with van der Waals surface area (Å²) in [4.78, 5) is 13.0. The summed E-state index contributed by atoms with van der Waals surface area (Å²) in [5.74, 6) is 0.322. The molecule has 0 radical (unpaired) electrons. The molecule has 0 saturated carbocycles. The first kappa shape index (κ1) is 15.5. The number of allylic oxidation sites excluding steroid dienone is 4. The lowest BCUT2D eigenvalue weighted by atomic mass is 9.84. The molecule has 1 heteroatoms. The number of hydrogen-bond acceptors (Lipinski definition) is 1. The summed E-state index contributed by atoms with van der Waals surface area (Å²) in [6.07, 6.45) is 0. The molecule has 0 aliphatic heterocycles. The van der Waals surface area contributed by atoms with E-state index in [1.807, 2.05) is 48.5 Å². The minimum absolute atomic E-state index is 0.101. The molecule has 0 fully saturated rings. The average Bonchev–Trinajstić information content (AvgIpc) is 2.78. The Balaban J connectivity index is 2.12. The van der Waals surface area contributed by atoms with E-state index >= 15 is 0 Å². The standard InChI is InChI=1S/C22H22O/c1-14-15(2)17(4)21(16(14)3)19-12-8-9-13-20(19)22(23)18-10-6-5-7-11-18/h5-13,21H,1-4H3. The van der Waals surface area contributed by atoms with Crippen molar-refractivity contribution in [2.75, 3.05) is 0 Å². The molecule has 0 heterocycles. The fourth-order valence-corrected chi connectivity index (χ4v) is 3.52. The Morgan fingerprint density at radius 2 is 1.26 bits per heavy atom. The van der Waals surface area contributed by atoms with Crippen molar-refractivity contribution in [3.05, 3.63) is 93.6 Å². The Morgan fingerprint density at radius 3 is 1.87 bits per heavy atom. The molecule has 0 amide bonds. The van der Waals surface area contributed by atoms with E-state index in [9.17, 15) is 4.79 Å². The average molecular weight is 302 g/mol. The molecule has 2 aromatic carbocycles. The smallest absolute Gasteiger partial charge is 0.193 e. The Labute approximate surface area is 138 Å². The van der Waals surface area contributed by atoms with Crippen LogP contribution in [-0.4, -0.2) is 5.78 Å². The summed E-state index contributed by atoms with van der Waals surface area (Å²) in [5, 5.41) is 0. The van der Waals surface area contributed by atoms with Gasteiger partial charge in [-0.1, -0.05) is 65.7 Å². The minimum atomic E-state index is 0.101. The quantitative estimate of drug-likeness (QED) is 0.666. The predicted molar refractivity (Wildman–Crippen MR) is 95.8 cm³/mol. The van der Waals surface area contributed by atoms with Crippen LogP contribution >= 0.6 is 0 Å². The van der Waals surface area contributed by atoms with Crippen LogP contribution in [0.5, 0.6) is 0 Å². The Bertz CT molecular complexity index is 798. The van der Waals surface area contributed by atoms with E-state index in [0.29, 0.717) is 0 Å². The zero-order valence-corrected chi connectivity index (χ0v) is 14.2. The van der Waals surface area contributed by atoms with Gasteiger partial charge in [0.1, 0.15) is 0 Å². The van der Waals surface area contributed by atoms with Crippen molar-refractivity contribution in [2.45, 2.75) is 33.6 Å². The number of ketones is 1. The second-order valence-electron chi connectivity index (χ2n) is 6.33. The van der Waals surface area contributed by atoms with Crippen LogP contribution in [0.2, 0.25) is 0 Å². The third-order valence-electron chi connectivity index (χ3n) is 5.16. The molecular weight excluding hydrogens is 280 g/mol. The van der Waals surface area contributed by atoms with Gasteiger partial charge in [-0.3, -0.25) is 4.79 Å². The molecule has 2 aromatic rings. The molecule has 0 unspecified atom stereocenters. The normalized spacial score (nSPS) is 15.5. The number of benzene rings is 2. The molecular formula is C22H22O. The van der Waals surface area contributed by atoms with Gasteiger partial charge in [-0.25, -0.2) is 0 Å². The Morgan fingerprint density at radius 1 is 0.739 bits per heavy atom. The molecule has 1 aliphatic carbocycles. The first-order chi connectivity index (χ1) is 11.0. The monoisotopic (exact) mass is 302 g/mol. The predicted octanol–water partition coefficient (Wildman–Crippen LogP) is 5.69. The van der Waals surface area contributed by atoms with Gasteiger partial charge < -0.3 is 0 Å². The molecule has 3 rings (SSSR count). The minimum Gasteiger partial charge on any atom is -0.289 e. The van der Waals surface area contributed by atoms with Crippen molar-refractivity contribution >= 4 is 5.78 Å². The second kappa shape index (κ2) is 6.00. The van der Waals surface area contributed by atoms with Crippen LogP contribution in [0.3, 0.4) is 0 Å². The highest BCUT2D eigenvalue weighted by Crippen LogP contribution is 2.44. The summed E-state index contributed by atoms with van der Waals surface area (Å²) in [6.45, 7) is 8.72. The number of carbonyl (C=O) groups excluding carboxylic acids is 1. The SMILES string of the molecule is CC1=C(C)C(c2ccccc2C(=O)c2ccccc2)C(C)=C1C. The molecule has 0 spiro atoms. The van der Waals surface area contributed by atoms with Gasteiger partial charge in [-0.05, 0) is 44.4 Å². The van der Waals surface area contributed by atoms with Gasteiger partial charge in [0.25, 0.3) is 0 Å². The molecule has 23 heavy (non-hydrogen) atoms. The maximum absolute atomic E-state index is 13.0. The Hall–Kier alpha value is -2.41. The number of rotatable bonds is 3. The van der Waals surface area contributed by atoms with Gasteiger partial charge in [0.15, 0.2) is 5.78 Å². The van der Waals surface area contributed by atoms with Crippen molar-refractivity contribution in [3.8, 4) is 0 Å². The Kier molecular flexibility index (Phi) is 4.04. The van der Waals surface area contributed by atoms with Crippen molar-refractivity contribution in [2.24, 2.45) is 0 Å². The summed E-state index contributed by atoms with van der Waals surface area (Å²) >= 11 is 0. The number of carbonyl (C=O) groups is 1. The lowest BCUT2D eigenvalue weighted by Gasteiger charge is -2.19. The number of hydrogen-bond donors (Lipinski definition) is 0. The first-order valence-corrected chi connectivity index (χ1v) is 8.06. The van der Waals surface area contributed by atoms with Crippen LogP contribution in [0, 0.1) is 0 Å². The largest absolute Gasteiger partial charge is 0.289 e. The summed E-state index contributed by atoms with van der Waals surface area (Å²) in [7, 11) is 0. The molecule has 116 valence electrons. The van der Waals surface area contributed by atoms with Crippen molar-refractivity contribution < 1.29 is 4.79 Å². The lowest BCUT2D eigenvalue weighted by molar-refractivity contribution is 0.103. The van der Waals surface area contributed by atoms with Crippen molar-refractivity contribution in [1.29, 1.82) is 0 Å². The summed E-state index contributed by atoms with van der Waals surface area (Å²) in [6, 6.07) is 17.6. The van der Waals surface area contributed by atoms with Gasteiger partial charge in [0, 0.05) is 17.0 Å². The van der Waals surface area contributed by atoms with E-state index in [1.165, 1.54) is 22.3 Å². The second-order valence-corrected chi connectivity index (χ2v) is 6.33. The maximum Gasteiger partial charge on any atom is 0.193 e. The molecule has 1 aliphatic rings. The van der Waals surface area contributed by atoms with Crippen LogP contribution in [0.1, 0.15) is 55.1 Å². The first-order valence-electron chi connectivity index (χ1n) is 8.06. The zero-order valence-electron chi connectivity index (χ0n) is 14.2. The highest BCUT2D eigenvalue weighted by molar-refractivity contribution is 6.10. The van der Waals surface area contributed by atoms with Crippen LogP contribution in [0.15, 0.2) is 76.9 Å². The van der Waals surface area contributed by atoms with Gasteiger partial charge in [0.05, 0.1) is 0 Å². The van der Waals surface area contributed by atoms with E-state index < -0.39 is 0 Å². The molecule has 0 atom stereocenters. The van der Waals surface area contributed by atoms with Crippen LogP contribution in [0.4, 0.5) is 0 Å². The highest BCUT2D eigenvalue weighted by atomic mass is 16.1. The lowest BCUT2D eigenvalue weighted by Crippen LogP contribution is -2.10. The van der Waals surface area contributed by atoms with Crippen molar-refractivity contribution in [1.82, 2.24) is 0 Å². The zero-order chi connectivity index (χ0) is 16.6. The molecule has 0 N–H and O–H groups in total. The van der Waals surface area contributed by atoms with E-state index in [4.69, 9.17) is 0 Å². The van der Waals surface area contributed by atoms with Crippen LogP contribution in [-0.2, 0) is 0 Å². The van der Waals surface area contributed by atoms with E-state index in [2.05, 4.69) is 33.8 Å². The van der Waals surface area contributed by atoms with Gasteiger partial charge in [0.2, 0.25) is 0 Å². The third kappa shape index (κ3) is 2.57. The van der Waals surface area contributed by atoms with E-state index in [1.54, 1.807) is 0 Å². The van der Waals surface area contributed by atoms with Gasteiger partial charge in [-0.15, -0.1) is 0 Å². The highest BCUT2D eigenvalue weighted by Gasteiger charge is 2.28. The van der Waals surface area contributed by atoms with Gasteiger partial charge >= 0.3 is 0 Å². The molecule has 0 saturated heterocycles. The molecule has 0 aromatic heterocycles. The third-order valence-corrected chi connectivity index (χ3v) is 5.16. The van der Waals surface area contributed by atoms with Crippen molar-refractivity contribution in [3.63, 3.8) is 0 Å². The fourth-order valence-electron chi connectivity index (χ4n) is 3.52.